The van der Waals surface area contributed by atoms with Gasteiger partial charge >= 0.3 is 0 Å². The molecule has 23 heavy (non-hydrogen) atoms. The monoisotopic (exact) mass is 324 g/mol. The number of nitrogens with one attached hydrogen (secondary N) is 2. The van der Waals surface area contributed by atoms with Gasteiger partial charge in [0.15, 0.2) is 0 Å². The number of likely N-dealkylation sites (N-methyl/N-ethyl adjacent to an activating group) is 1. The van der Waals surface area contributed by atoms with E-state index in [0.29, 0.717) is 30.9 Å². The van der Waals surface area contributed by atoms with Crippen molar-refractivity contribution in [2.75, 3.05) is 27.2 Å². The van der Waals surface area contributed by atoms with Crippen LogP contribution in [0.2, 0.25) is 0 Å². The van der Waals surface area contributed by atoms with Crippen LogP contribution < -0.4 is 5.32 Å². The fraction of sp³-hybridized carbons (Fsp3) is 0.438. The molecule has 0 bridgehead atoms. The summed E-state index contributed by atoms with van der Waals surface area (Å²) in [6.07, 6.45) is 1.52. The molecule has 0 spiro atoms. The van der Waals surface area contributed by atoms with Crippen LogP contribution in [0.1, 0.15) is 12.5 Å². The summed E-state index contributed by atoms with van der Waals surface area (Å²) in [5.41, 5.74) is -0.0896. The summed E-state index contributed by atoms with van der Waals surface area (Å²) in [4.78, 5) is 1.89. The van der Waals surface area contributed by atoms with Crippen LogP contribution in [0, 0.1) is 11.6 Å². The quantitative estimate of drug-likeness (QED) is 0.726. The van der Waals surface area contributed by atoms with E-state index in [1.165, 1.54) is 24.4 Å². The fourth-order valence-electron chi connectivity index (χ4n) is 2.60. The average molecular weight is 324 g/mol. The Morgan fingerprint density at radius 3 is 2.57 bits per heavy atom. The molecule has 3 N–H and O–H groups in total. The highest BCUT2D eigenvalue weighted by atomic mass is 19.1. The normalized spacial score (nSPS) is 14.2. The summed E-state index contributed by atoms with van der Waals surface area (Å²) in [7, 11) is 3.76. The molecule has 1 aromatic carbocycles. The maximum Gasteiger partial charge on any atom is 0.135 e. The van der Waals surface area contributed by atoms with Gasteiger partial charge in [0.25, 0.3) is 0 Å². The van der Waals surface area contributed by atoms with Gasteiger partial charge in [-0.25, -0.2) is 8.78 Å². The third kappa shape index (κ3) is 4.57. The maximum absolute atomic E-state index is 13.9. The van der Waals surface area contributed by atoms with Crippen LogP contribution >= 0.6 is 0 Å². The lowest BCUT2D eigenvalue weighted by Gasteiger charge is -2.27. The van der Waals surface area contributed by atoms with E-state index < -0.39 is 17.2 Å². The molecular formula is C16H22F2N4O. The number of rotatable bonds is 7. The molecule has 1 aromatic heterocycles. The second-order valence-electron chi connectivity index (χ2n) is 6.21. The lowest BCUT2D eigenvalue weighted by atomic mass is 10.1. The van der Waals surface area contributed by atoms with E-state index in [-0.39, 0.29) is 5.56 Å². The molecule has 0 saturated heterocycles. The van der Waals surface area contributed by atoms with Crippen molar-refractivity contribution in [3.05, 3.63) is 41.6 Å². The lowest BCUT2D eigenvalue weighted by molar-refractivity contribution is 0.0336. The van der Waals surface area contributed by atoms with E-state index in [0.717, 1.165) is 0 Å². The van der Waals surface area contributed by atoms with E-state index >= 15 is 0 Å². The zero-order valence-corrected chi connectivity index (χ0v) is 13.5. The molecule has 0 amide bonds. The van der Waals surface area contributed by atoms with Crippen LogP contribution in [-0.4, -0.2) is 53.0 Å². The Kier molecular flexibility index (Phi) is 5.46. The lowest BCUT2D eigenvalue weighted by Crippen LogP contribution is -2.45. The molecule has 0 aliphatic carbocycles. The number of H-pyrrole nitrogens is 1. The van der Waals surface area contributed by atoms with Crippen LogP contribution in [0.25, 0.3) is 11.3 Å². The summed E-state index contributed by atoms with van der Waals surface area (Å²) in [5.74, 6) is -1.29. The molecule has 1 heterocycles. The zero-order valence-electron chi connectivity index (χ0n) is 13.5. The van der Waals surface area contributed by atoms with Gasteiger partial charge in [-0.2, -0.15) is 5.10 Å². The van der Waals surface area contributed by atoms with Gasteiger partial charge in [-0.05, 0) is 33.2 Å². The van der Waals surface area contributed by atoms with Crippen molar-refractivity contribution in [1.82, 2.24) is 20.4 Å². The molecule has 0 radical (unpaired) electrons. The van der Waals surface area contributed by atoms with Crippen molar-refractivity contribution in [1.29, 1.82) is 0 Å². The highest BCUT2D eigenvalue weighted by Gasteiger charge is 2.21. The molecule has 1 unspecified atom stereocenters. The molecule has 0 aliphatic rings. The van der Waals surface area contributed by atoms with Gasteiger partial charge in [-0.1, -0.05) is 6.07 Å². The first kappa shape index (κ1) is 17.5. The predicted octanol–water partition coefficient (Wildman–Crippen LogP) is 1.76. The van der Waals surface area contributed by atoms with E-state index in [1.54, 1.807) is 6.92 Å². The smallest absolute Gasteiger partial charge is 0.135 e. The highest BCUT2D eigenvalue weighted by Crippen LogP contribution is 2.26. The minimum atomic E-state index is -0.906. The third-order valence-electron chi connectivity index (χ3n) is 3.41. The van der Waals surface area contributed by atoms with Gasteiger partial charge in [0.2, 0.25) is 0 Å². The second-order valence-corrected chi connectivity index (χ2v) is 6.21. The number of aromatic amines is 1. The van der Waals surface area contributed by atoms with Crippen LogP contribution in [0.15, 0.2) is 24.4 Å². The first-order valence-electron chi connectivity index (χ1n) is 7.34. The number of hydrogen-bond donors (Lipinski definition) is 3. The Bertz CT molecular complexity index is 635. The molecule has 0 fully saturated rings. The SMILES string of the molecule is CN(C)CC(C)(O)CNCc1cn[nH]c1-c1c(F)cccc1F. The first-order chi connectivity index (χ1) is 10.8. The summed E-state index contributed by atoms with van der Waals surface area (Å²) >= 11 is 0. The Morgan fingerprint density at radius 2 is 1.96 bits per heavy atom. The Labute approximate surface area is 134 Å². The van der Waals surface area contributed by atoms with E-state index in [2.05, 4.69) is 15.5 Å². The summed E-state index contributed by atoms with van der Waals surface area (Å²) in [6.45, 7) is 2.91. The molecule has 0 aliphatic heterocycles. The minimum Gasteiger partial charge on any atom is -0.388 e. The predicted molar refractivity (Wildman–Crippen MR) is 84.8 cm³/mol. The number of aromatic nitrogens is 2. The van der Waals surface area contributed by atoms with Crippen molar-refractivity contribution in [2.45, 2.75) is 19.1 Å². The molecule has 2 rings (SSSR count). The maximum atomic E-state index is 13.9. The number of hydrogen-bond acceptors (Lipinski definition) is 4. The van der Waals surface area contributed by atoms with Gasteiger partial charge < -0.3 is 15.3 Å². The Morgan fingerprint density at radius 1 is 1.30 bits per heavy atom. The molecule has 5 nitrogen and oxygen atoms in total. The van der Waals surface area contributed by atoms with Crippen molar-refractivity contribution in [2.24, 2.45) is 0 Å². The van der Waals surface area contributed by atoms with Crippen molar-refractivity contribution in [3.8, 4) is 11.3 Å². The number of halogens is 2. The van der Waals surface area contributed by atoms with Crippen LogP contribution in [0.4, 0.5) is 8.78 Å². The van der Waals surface area contributed by atoms with E-state index in [1.807, 2.05) is 19.0 Å². The number of nitrogens with zero attached hydrogens (tertiary/aromatic N) is 2. The zero-order chi connectivity index (χ0) is 17.0. The molecule has 7 heteroatoms. The Balaban J connectivity index is 2.08. The van der Waals surface area contributed by atoms with Crippen LogP contribution in [0.5, 0.6) is 0 Å². The molecule has 0 saturated carbocycles. The molecule has 2 aromatic rings. The molecular weight excluding hydrogens is 302 g/mol. The largest absolute Gasteiger partial charge is 0.388 e. The summed E-state index contributed by atoms with van der Waals surface area (Å²) in [6, 6.07) is 3.73. The summed E-state index contributed by atoms with van der Waals surface area (Å²) < 4.78 is 27.8. The van der Waals surface area contributed by atoms with E-state index in [4.69, 9.17) is 0 Å². The van der Waals surface area contributed by atoms with Gasteiger partial charge in [-0.15, -0.1) is 0 Å². The van der Waals surface area contributed by atoms with Gasteiger partial charge in [0, 0.05) is 25.2 Å². The average Bonchev–Trinajstić information content (AvgIpc) is 2.85. The van der Waals surface area contributed by atoms with Crippen LogP contribution in [-0.2, 0) is 6.54 Å². The van der Waals surface area contributed by atoms with Crippen molar-refractivity contribution < 1.29 is 13.9 Å². The van der Waals surface area contributed by atoms with Crippen LogP contribution in [0.3, 0.4) is 0 Å². The second kappa shape index (κ2) is 7.16. The molecule has 126 valence electrons. The van der Waals surface area contributed by atoms with Gasteiger partial charge in [0.1, 0.15) is 11.6 Å². The van der Waals surface area contributed by atoms with Gasteiger partial charge in [0.05, 0.1) is 23.1 Å². The standard InChI is InChI=1S/C16H22F2N4O/c1-16(23,10-22(2)3)9-19-7-11-8-20-21-15(11)14-12(17)5-4-6-13(14)18/h4-6,8,19,23H,7,9-10H2,1-3H3,(H,20,21). The minimum absolute atomic E-state index is 0.123. The first-order valence-corrected chi connectivity index (χ1v) is 7.34. The third-order valence-corrected chi connectivity index (χ3v) is 3.41. The topological polar surface area (TPSA) is 64.2 Å². The highest BCUT2D eigenvalue weighted by molar-refractivity contribution is 5.64. The van der Waals surface area contributed by atoms with Gasteiger partial charge in [-0.3, -0.25) is 5.10 Å². The molecule has 1 atom stereocenters. The fourth-order valence-corrected chi connectivity index (χ4v) is 2.60. The Hall–Kier alpha value is -1.83. The number of aliphatic hydroxyl groups is 1. The van der Waals surface area contributed by atoms with Crippen molar-refractivity contribution in [3.63, 3.8) is 0 Å². The summed E-state index contributed by atoms with van der Waals surface area (Å²) in [5, 5.41) is 19.9. The van der Waals surface area contributed by atoms with Crippen molar-refractivity contribution >= 4 is 0 Å². The number of benzene rings is 1. The van der Waals surface area contributed by atoms with E-state index in [9.17, 15) is 13.9 Å².